The van der Waals surface area contributed by atoms with Gasteiger partial charge in [0, 0.05) is 0 Å². The minimum Gasteiger partial charge on any atom is -0.480 e. The van der Waals surface area contributed by atoms with Crippen LogP contribution < -0.4 is 5.32 Å². The lowest BCUT2D eigenvalue weighted by molar-refractivity contribution is -0.143. The summed E-state index contributed by atoms with van der Waals surface area (Å²) in [5.41, 5.74) is 0. The van der Waals surface area contributed by atoms with Gasteiger partial charge in [0.1, 0.15) is 0 Å². The molecule has 8 heteroatoms. The predicted octanol–water partition coefficient (Wildman–Crippen LogP) is -1.17. The number of hydrogen-bond acceptors (Lipinski definition) is 5. The Morgan fingerprint density at radius 2 is 1.54 bits per heavy atom. The average molecular weight is 225 g/mol. The number of carbonyl (C=O) groups excluding carboxylic acids is 1. The van der Waals surface area contributed by atoms with Gasteiger partial charge < -0.3 is 15.5 Å². The number of amides is 1. The van der Waals surface area contributed by atoms with Gasteiger partial charge in [0.25, 0.3) is 0 Å². The number of carboxylic acids is 2. The van der Waals surface area contributed by atoms with Crippen LogP contribution in [0, 0.1) is 0 Å². The van der Waals surface area contributed by atoms with Crippen LogP contribution in [0.3, 0.4) is 0 Å². The zero-order chi connectivity index (χ0) is 10.6. The number of aliphatic carboxylic acids is 2. The van der Waals surface area contributed by atoms with E-state index < -0.39 is 28.5 Å². The third-order valence-electron chi connectivity index (χ3n) is 0.995. The Kier molecular flexibility index (Phi) is 4.63. The molecule has 0 saturated carbocycles. The van der Waals surface area contributed by atoms with E-state index in [0.29, 0.717) is 0 Å². The molecule has 0 bridgehead atoms. The number of hydrogen-bond donors (Lipinski definition) is 5. The molecule has 0 fully saturated rings. The van der Waals surface area contributed by atoms with Crippen LogP contribution in [0.2, 0.25) is 0 Å². The molecule has 2 atom stereocenters. The van der Waals surface area contributed by atoms with Crippen molar-refractivity contribution in [3.8, 4) is 0 Å². The molecule has 0 heterocycles. The van der Waals surface area contributed by atoms with E-state index in [-0.39, 0.29) is 0 Å². The molecule has 74 valence electrons. The van der Waals surface area contributed by atoms with Gasteiger partial charge >= 0.3 is 11.9 Å². The summed E-state index contributed by atoms with van der Waals surface area (Å²) in [5, 5.41) is 15.4. The lowest BCUT2D eigenvalue weighted by atomic mass is 10.4. The Morgan fingerprint density at radius 1 is 1.08 bits per heavy atom. The molecule has 13 heavy (non-hydrogen) atoms. The maximum atomic E-state index is 10.8. The second kappa shape index (κ2) is 4.97. The molecule has 0 radical (unpaired) electrons. The zero-order valence-electron chi connectivity index (χ0n) is 6.17. The topological polar surface area (TPSA) is 104 Å². The Morgan fingerprint density at radius 3 is 1.85 bits per heavy atom. The normalized spacial score (nSPS) is 14.3. The standard InChI is InChI=1S/C5H7NO5S2/c7-2(1(12)4(8)9)6-3(13)5(10)11/h1,3,12-13H,(H,6,7)(H,8,9)(H,10,11). The molecule has 0 saturated heterocycles. The first-order valence-corrected chi connectivity index (χ1v) is 4.01. The Bertz CT molecular complexity index is 243. The highest BCUT2D eigenvalue weighted by molar-refractivity contribution is 7.83. The largest absolute Gasteiger partial charge is 0.480 e. The second-order valence-corrected chi connectivity index (χ2v) is 3.02. The summed E-state index contributed by atoms with van der Waals surface area (Å²) in [6.07, 6.45) is 0. The quantitative estimate of drug-likeness (QED) is 0.235. The van der Waals surface area contributed by atoms with E-state index in [2.05, 4.69) is 25.3 Å². The van der Waals surface area contributed by atoms with Crippen LogP contribution in [0.5, 0.6) is 0 Å². The van der Waals surface area contributed by atoms with Crippen molar-refractivity contribution in [1.82, 2.24) is 5.32 Å². The minimum atomic E-state index is -1.59. The van der Waals surface area contributed by atoms with Crippen molar-refractivity contribution in [2.24, 2.45) is 0 Å². The molecule has 0 rings (SSSR count). The van der Waals surface area contributed by atoms with E-state index in [4.69, 9.17) is 10.2 Å². The smallest absolute Gasteiger partial charge is 0.336 e. The number of rotatable bonds is 4. The zero-order valence-corrected chi connectivity index (χ0v) is 7.96. The van der Waals surface area contributed by atoms with Gasteiger partial charge in [-0.1, -0.05) is 0 Å². The summed E-state index contributed by atoms with van der Waals surface area (Å²) in [4.78, 5) is 31.2. The lowest BCUT2D eigenvalue weighted by Gasteiger charge is -2.10. The second-order valence-electron chi connectivity index (χ2n) is 1.99. The molecular weight excluding hydrogens is 218 g/mol. The molecule has 0 aromatic rings. The minimum absolute atomic E-state index is 1.02. The van der Waals surface area contributed by atoms with E-state index in [0.717, 1.165) is 0 Å². The number of carbonyl (C=O) groups is 3. The SMILES string of the molecule is O=C(O)C(S)NC(=O)C(S)C(=O)O. The van der Waals surface area contributed by atoms with Gasteiger partial charge in [0.2, 0.25) is 5.91 Å². The van der Waals surface area contributed by atoms with Crippen molar-refractivity contribution in [1.29, 1.82) is 0 Å². The van der Waals surface area contributed by atoms with Crippen LogP contribution in [0.1, 0.15) is 0 Å². The molecule has 0 aliphatic heterocycles. The van der Waals surface area contributed by atoms with Crippen LogP contribution >= 0.6 is 25.3 Å². The molecule has 1 amide bonds. The monoisotopic (exact) mass is 225 g/mol. The summed E-state index contributed by atoms with van der Waals surface area (Å²) >= 11 is 6.89. The summed E-state index contributed by atoms with van der Waals surface area (Å²) in [6.45, 7) is 0. The highest BCUT2D eigenvalue weighted by atomic mass is 32.1. The van der Waals surface area contributed by atoms with E-state index in [9.17, 15) is 14.4 Å². The molecule has 0 aliphatic carbocycles. The molecule has 0 spiro atoms. The molecule has 0 aromatic heterocycles. The summed E-state index contributed by atoms with van der Waals surface area (Å²) in [5.74, 6) is -3.84. The van der Waals surface area contributed by atoms with Crippen molar-refractivity contribution in [3.63, 3.8) is 0 Å². The van der Waals surface area contributed by atoms with Gasteiger partial charge in [0.15, 0.2) is 10.6 Å². The molecule has 0 aromatic carbocycles. The van der Waals surface area contributed by atoms with Crippen LogP contribution in [0.4, 0.5) is 0 Å². The number of carboxylic acid groups (broad SMARTS) is 2. The van der Waals surface area contributed by atoms with E-state index in [1.807, 2.05) is 5.32 Å². The predicted molar refractivity (Wildman–Crippen MR) is 49.0 cm³/mol. The molecular formula is C5H7NO5S2. The van der Waals surface area contributed by atoms with Crippen molar-refractivity contribution >= 4 is 43.1 Å². The highest BCUT2D eigenvalue weighted by Gasteiger charge is 2.25. The lowest BCUT2D eigenvalue weighted by Crippen LogP contribution is -2.43. The molecule has 3 N–H and O–H groups in total. The summed E-state index contributed by atoms with van der Waals surface area (Å²) in [7, 11) is 0. The van der Waals surface area contributed by atoms with Crippen molar-refractivity contribution < 1.29 is 24.6 Å². The average Bonchev–Trinajstić information content (AvgIpc) is 2.02. The summed E-state index contributed by atoms with van der Waals surface area (Å²) in [6, 6.07) is 0. The van der Waals surface area contributed by atoms with Crippen LogP contribution in [0.15, 0.2) is 0 Å². The van der Waals surface area contributed by atoms with Gasteiger partial charge in [-0.05, 0) is 0 Å². The molecule has 2 unspecified atom stereocenters. The van der Waals surface area contributed by atoms with E-state index in [1.54, 1.807) is 0 Å². The van der Waals surface area contributed by atoms with E-state index in [1.165, 1.54) is 0 Å². The van der Waals surface area contributed by atoms with Gasteiger partial charge in [-0.25, -0.2) is 4.79 Å². The van der Waals surface area contributed by atoms with Crippen molar-refractivity contribution in [2.45, 2.75) is 10.6 Å². The fourth-order valence-corrected chi connectivity index (χ4v) is 0.589. The Hall–Kier alpha value is -0.890. The molecule has 6 nitrogen and oxygen atoms in total. The van der Waals surface area contributed by atoms with Gasteiger partial charge in [-0.15, -0.1) is 12.6 Å². The van der Waals surface area contributed by atoms with Crippen LogP contribution in [-0.4, -0.2) is 38.7 Å². The number of nitrogens with one attached hydrogen (secondary N) is 1. The maximum absolute atomic E-state index is 10.8. The first-order chi connectivity index (χ1) is 5.86. The van der Waals surface area contributed by atoms with Crippen LogP contribution in [-0.2, 0) is 14.4 Å². The molecule has 0 aliphatic rings. The highest BCUT2D eigenvalue weighted by Crippen LogP contribution is 1.97. The van der Waals surface area contributed by atoms with Gasteiger partial charge in [-0.2, -0.15) is 12.6 Å². The maximum Gasteiger partial charge on any atom is 0.336 e. The fourth-order valence-electron chi connectivity index (χ4n) is 0.388. The van der Waals surface area contributed by atoms with Crippen molar-refractivity contribution in [2.75, 3.05) is 0 Å². The van der Waals surface area contributed by atoms with E-state index >= 15 is 0 Å². The third kappa shape index (κ3) is 4.04. The Balaban J connectivity index is 4.15. The Labute approximate surface area is 84.1 Å². The van der Waals surface area contributed by atoms with Gasteiger partial charge in [0.05, 0.1) is 0 Å². The fraction of sp³-hybridized carbons (Fsp3) is 0.400. The first-order valence-electron chi connectivity index (χ1n) is 2.98. The van der Waals surface area contributed by atoms with Crippen molar-refractivity contribution in [3.05, 3.63) is 0 Å². The first kappa shape index (κ1) is 12.1. The summed E-state index contributed by atoms with van der Waals surface area (Å²) < 4.78 is 0. The number of thiol groups is 2. The van der Waals surface area contributed by atoms with Gasteiger partial charge in [-0.3, -0.25) is 9.59 Å². The third-order valence-corrected chi connectivity index (χ3v) is 1.80. The van der Waals surface area contributed by atoms with Crippen LogP contribution in [0.25, 0.3) is 0 Å².